The number of aromatic nitrogens is 1. The molecule has 0 bridgehead atoms. The predicted octanol–water partition coefficient (Wildman–Crippen LogP) is 9.22. The monoisotopic (exact) mass is 679 g/mol. The topological polar surface area (TPSA) is 50.2 Å². The van der Waals surface area contributed by atoms with Gasteiger partial charge in [0.15, 0.2) is 5.78 Å². The number of aryl methyl sites for hydroxylation is 2. The predicted molar refractivity (Wildman–Crippen MR) is 153 cm³/mol. The van der Waals surface area contributed by atoms with E-state index in [1.807, 2.05) is 53.7 Å². The summed E-state index contributed by atoms with van der Waals surface area (Å²) in [7, 11) is 0. The number of ketones is 1. The summed E-state index contributed by atoms with van der Waals surface area (Å²) in [6.45, 7) is 16.3. The van der Waals surface area contributed by atoms with Gasteiger partial charge in [-0.3, -0.25) is 9.78 Å². The van der Waals surface area contributed by atoms with Crippen molar-refractivity contribution >= 4 is 16.7 Å². The summed E-state index contributed by atoms with van der Waals surface area (Å²) in [4.78, 5) is 16.9. The number of carbonyl (C=O) groups excluding carboxylic acids is 1. The first-order chi connectivity index (χ1) is 17.0. The van der Waals surface area contributed by atoms with Gasteiger partial charge in [0.1, 0.15) is 5.76 Å². The Balaban J connectivity index is 0.000000364. The van der Waals surface area contributed by atoms with E-state index in [0.29, 0.717) is 0 Å². The molecule has 0 fully saturated rings. The van der Waals surface area contributed by atoms with Gasteiger partial charge in [0.2, 0.25) is 0 Å². The summed E-state index contributed by atoms with van der Waals surface area (Å²) in [6, 6.07) is 20.2. The van der Waals surface area contributed by atoms with E-state index in [2.05, 4.69) is 56.3 Å². The maximum absolute atomic E-state index is 12.2. The Labute approximate surface area is 238 Å². The van der Waals surface area contributed by atoms with Gasteiger partial charge < -0.3 is 5.11 Å². The number of nitrogens with zero attached hydrogens (tertiary/aromatic N) is 1. The fourth-order valence-electron chi connectivity index (χ4n) is 4.03. The zero-order valence-corrected chi connectivity index (χ0v) is 26.3. The van der Waals surface area contributed by atoms with Crippen molar-refractivity contribution in [2.75, 3.05) is 0 Å². The van der Waals surface area contributed by atoms with Crippen molar-refractivity contribution in [3.8, 4) is 11.3 Å². The minimum atomic E-state index is -0.337. The van der Waals surface area contributed by atoms with Crippen molar-refractivity contribution < 1.29 is 30.0 Å². The average Bonchev–Trinajstić information content (AvgIpc) is 2.91. The molecular weight excluding hydrogens is 635 g/mol. The third-order valence-corrected chi connectivity index (χ3v) is 7.95. The minimum Gasteiger partial charge on any atom is -0.512 e. The van der Waals surface area contributed by atoms with Crippen LogP contribution < -0.4 is 0 Å². The number of allylic oxidation sites excluding steroid dienone is 2. The van der Waals surface area contributed by atoms with Crippen LogP contribution in [0.3, 0.4) is 0 Å². The third-order valence-electron chi connectivity index (χ3n) is 7.95. The summed E-state index contributed by atoms with van der Waals surface area (Å²) < 4.78 is 0. The summed E-state index contributed by atoms with van der Waals surface area (Å²) >= 11 is 0. The number of hydrogen-bond acceptors (Lipinski definition) is 3. The number of benzene rings is 2. The standard InChI is InChI=1S/C18H16N.C15H28O2.Ir/c1-3-14-10-13(2)11-16(12-14)18-9-8-15-6-4-5-7-17(15)19-18;1-7-14(5,8-2)12(16)11-13(17)15(6,9-3)10-4;/h4-10,12H,3H2,1-2H3;11,16H,7-10H2,1-6H3;/q-1;;/b;12-11-;. The largest absolute Gasteiger partial charge is 0.512 e. The van der Waals surface area contributed by atoms with Crippen LogP contribution in [0.25, 0.3) is 22.2 Å². The van der Waals surface area contributed by atoms with Gasteiger partial charge in [-0.05, 0) is 49.3 Å². The van der Waals surface area contributed by atoms with Crippen LogP contribution >= 0.6 is 0 Å². The van der Waals surface area contributed by atoms with Gasteiger partial charge >= 0.3 is 0 Å². The molecule has 1 radical (unpaired) electrons. The fraction of sp³-hybridized carbons (Fsp3) is 0.455. The number of hydrogen-bond donors (Lipinski definition) is 1. The molecule has 0 spiro atoms. The summed E-state index contributed by atoms with van der Waals surface area (Å²) in [5.74, 6) is 0.286. The van der Waals surface area contributed by atoms with E-state index in [4.69, 9.17) is 4.98 Å². The number of carbonyl (C=O) groups is 1. The summed E-state index contributed by atoms with van der Waals surface area (Å²) in [5, 5.41) is 11.3. The molecule has 0 unspecified atom stereocenters. The Morgan fingerprint density at radius 1 is 0.919 bits per heavy atom. The van der Waals surface area contributed by atoms with Crippen LogP contribution in [0.5, 0.6) is 0 Å². The van der Waals surface area contributed by atoms with Crippen molar-refractivity contribution in [1.82, 2.24) is 4.98 Å². The van der Waals surface area contributed by atoms with E-state index in [-0.39, 0.29) is 42.5 Å². The van der Waals surface area contributed by atoms with Crippen molar-refractivity contribution in [2.45, 2.75) is 87.5 Å². The molecule has 3 aromatic rings. The summed E-state index contributed by atoms with van der Waals surface area (Å²) in [5.41, 5.74) is 5.02. The maximum atomic E-state index is 12.2. The first-order valence-corrected chi connectivity index (χ1v) is 13.4. The minimum absolute atomic E-state index is 0. The zero-order chi connectivity index (χ0) is 26.9. The second kappa shape index (κ2) is 14.6. The van der Waals surface area contributed by atoms with Crippen molar-refractivity contribution in [2.24, 2.45) is 10.8 Å². The Hall–Kier alpha value is -2.29. The first kappa shape index (κ1) is 32.7. The van der Waals surface area contributed by atoms with Crippen LogP contribution in [0.4, 0.5) is 0 Å². The van der Waals surface area contributed by atoms with Gasteiger partial charge in [0.05, 0.1) is 5.52 Å². The van der Waals surface area contributed by atoms with Crippen LogP contribution in [0, 0.1) is 23.8 Å². The molecule has 1 N–H and O–H groups in total. The molecule has 1 heterocycles. The SMILES string of the molecule is CCC(C)(CC)C(=O)/C=C(\O)C(C)(CC)CC.CCc1cc(C)[c-]c(-c2ccc3ccccc3n2)c1.[Ir]. The van der Waals surface area contributed by atoms with Gasteiger partial charge in [-0.15, -0.1) is 34.9 Å². The van der Waals surface area contributed by atoms with E-state index in [1.165, 1.54) is 22.6 Å². The Morgan fingerprint density at radius 3 is 2.08 bits per heavy atom. The number of para-hydroxylation sites is 1. The Bertz CT molecular complexity index is 1190. The van der Waals surface area contributed by atoms with E-state index in [0.717, 1.165) is 48.9 Å². The fourth-order valence-corrected chi connectivity index (χ4v) is 4.03. The van der Waals surface area contributed by atoms with Crippen molar-refractivity contribution in [1.29, 1.82) is 0 Å². The second-order valence-corrected chi connectivity index (χ2v) is 10.3. The molecule has 0 saturated heterocycles. The van der Waals surface area contributed by atoms with E-state index in [9.17, 15) is 9.90 Å². The smallest absolute Gasteiger partial charge is 0.164 e. The number of pyridine rings is 1. The summed E-state index contributed by atoms with van der Waals surface area (Å²) in [6.07, 6.45) is 5.79. The molecule has 0 aliphatic carbocycles. The molecular formula is C33H44IrNO2-. The molecule has 4 heteroatoms. The molecule has 0 amide bonds. The van der Waals surface area contributed by atoms with Crippen molar-refractivity contribution in [3.63, 3.8) is 0 Å². The van der Waals surface area contributed by atoms with Crippen molar-refractivity contribution in [3.05, 3.63) is 77.6 Å². The van der Waals surface area contributed by atoms with Gasteiger partial charge in [-0.25, -0.2) is 0 Å². The van der Waals surface area contributed by atoms with Gasteiger partial charge in [-0.1, -0.05) is 85.7 Å². The van der Waals surface area contributed by atoms with E-state index >= 15 is 0 Å². The molecule has 203 valence electrons. The Morgan fingerprint density at radius 2 is 1.51 bits per heavy atom. The van der Waals surface area contributed by atoms with Crippen LogP contribution in [0.2, 0.25) is 0 Å². The molecule has 1 aromatic heterocycles. The molecule has 0 aliphatic heterocycles. The first-order valence-electron chi connectivity index (χ1n) is 13.4. The molecule has 0 aliphatic rings. The van der Waals surface area contributed by atoms with Crippen LogP contribution in [-0.2, 0) is 31.3 Å². The molecule has 3 rings (SSSR count). The average molecular weight is 679 g/mol. The van der Waals surface area contributed by atoms with E-state index < -0.39 is 0 Å². The third kappa shape index (κ3) is 8.35. The van der Waals surface area contributed by atoms with Crippen LogP contribution in [0.1, 0.15) is 85.3 Å². The zero-order valence-electron chi connectivity index (χ0n) is 23.9. The normalized spacial score (nSPS) is 11.9. The number of aliphatic hydroxyl groups is 1. The molecule has 37 heavy (non-hydrogen) atoms. The number of aliphatic hydroxyl groups excluding tert-OH is 1. The molecule has 3 nitrogen and oxygen atoms in total. The molecule has 0 saturated carbocycles. The number of fused-ring (bicyclic) bond motifs is 1. The quantitative estimate of drug-likeness (QED) is 0.140. The molecule has 0 atom stereocenters. The molecule has 2 aromatic carbocycles. The van der Waals surface area contributed by atoms with Crippen LogP contribution in [-0.4, -0.2) is 15.9 Å². The number of rotatable bonds is 9. The van der Waals surface area contributed by atoms with Crippen LogP contribution in [0.15, 0.2) is 60.4 Å². The maximum Gasteiger partial charge on any atom is 0.164 e. The van der Waals surface area contributed by atoms with Gasteiger partial charge in [0.25, 0.3) is 0 Å². The second-order valence-electron chi connectivity index (χ2n) is 10.3. The van der Waals surface area contributed by atoms with E-state index in [1.54, 1.807) is 0 Å². The Kier molecular flexibility index (Phi) is 12.9. The van der Waals surface area contributed by atoms with Gasteiger partial charge in [0, 0.05) is 37.0 Å². The van der Waals surface area contributed by atoms with Gasteiger partial charge in [-0.2, -0.15) is 0 Å².